The SMILES string of the molecule is Cc1ccc(C)c(NC(=O)/C(C#N)=C/c2ccc(OCC(=O)O)c(Cl)c2)c1. The van der Waals surface area contributed by atoms with Crippen molar-refractivity contribution in [2.45, 2.75) is 13.8 Å². The summed E-state index contributed by atoms with van der Waals surface area (Å²) in [6.45, 7) is 3.25. The van der Waals surface area contributed by atoms with Crippen LogP contribution in [0.25, 0.3) is 6.08 Å². The Morgan fingerprint density at radius 1 is 1.26 bits per heavy atom. The molecule has 0 heterocycles. The molecule has 6 nitrogen and oxygen atoms in total. The molecule has 0 bridgehead atoms. The Balaban J connectivity index is 2.21. The number of rotatable bonds is 6. The zero-order valence-corrected chi connectivity index (χ0v) is 15.5. The number of benzene rings is 2. The van der Waals surface area contributed by atoms with E-state index in [2.05, 4.69) is 5.32 Å². The summed E-state index contributed by atoms with van der Waals surface area (Å²) in [5.74, 6) is -1.45. The van der Waals surface area contributed by atoms with E-state index in [-0.39, 0.29) is 16.3 Å². The monoisotopic (exact) mass is 384 g/mol. The molecule has 138 valence electrons. The van der Waals surface area contributed by atoms with E-state index in [9.17, 15) is 14.9 Å². The van der Waals surface area contributed by atoms with Gasteiger partial charge in [0, 0.05) is 5.69 Å². The standard InChI is InChI=1S/C20H17ClN2O4/c1-12-3-4-13(2)17(7-12)23-20(26)15(10-22)8-14-5-6-18(16(21)9-14)27-11-19(24)25/h3-9H,11H2,1-2H3,(H,23,26)(H,24,25)/b15-8+. The maximum absolute atomic E-state index is 12.4. The second-order valence-electron chi connectivity index (χ2n) is 5.81. The molecule has 0 saturated carbocycles. The number of hydrogen-bond acceptors (Lipinski definition) is 4. The number of hydrogen-bond donors (Lipinski definition) is 2. The van der Waals surface area contributed by atoms with E-state index in [0.29, 0.717) is 11.3 Å². The van der Waals surface area contributed by atoms with E-state index in [1.165, 1.54) is 18.2 Å². The van der Waals surface area contributed by atoms with Crippen LogP contribution in [0.3, 0.4) is 0 Å². The van der Waals surface area contributed by atoms with Gasteiger partial charge in [0.2, 0.25) is 0 Å². The number of amides is 1. The Hall–Kier alpha value is -3.30. The zero-order valence-electron chi connectivity index (χ0n) is 14.7. The molecule has 2 aromatic carbocycles. The van der Waals surface area contributed by atoms with E-state index in [0.717, 1.165) is 11.1 Å². The van der Waals surface area contributed by atoms with Gasteiger partial charge in [-0.1, -0.05) is 29.8 Å². The van der Waals surface area contributed by atoms with Crippen LogP contribution in [0.4, 0.5) is 5.69 Å². The Bertz CT molecular complexity index is 961. The van der Waals surface area contributed by atoms with Crippen LogP contribution in [0.15, 0.2) is 42.0 Å². The topological polar surface area (TPSA) is 99.4 Å². The van der Waals surface area contributed by atoms with Gasteiger partial charge < -0.3 is 15.2 Å². The number of carbonyl (C=O) groups excluding carboxylic acids is 1. The van der Waals surface area contributed by atoms with Gasteiger partial charge in [-0.3, -0.25) is 4.79 Å². The number of aryl methyl sites for hydroxylation is 2. The predicted molar refractivity (Wildman–Crippen MR) is 103 cm³/mol. The maximum Gasteiger partial charge on any atom is 0.341 e. The first kappa shape index (κ1) is 20.0. The molecule has 0 aliphatic rings. The first-order valence-corrected chi connectivity index (χ1v) is 8.32. The summed E-state index contributed by atoms with van der Waals surface area (Å²) < 4.78 is 5.04. The van der Waals surface area contributed by atoms with E-state index >= 15 is 0 Å². The average Bonchev–Trinajstić information content (AvgIpc) is 2.61. The molecule has 0 fully saturated rings. The molecule has 2 rings (SSSR count). The lowest BCUT2D eigenvalue weighted by molar-refractivity contribution is -0.139. The molecular weight excluding hydrogens is 368 g/mol. The van der Waals surface area contributed by atoms with E-state index < -0.39 is 18.5 Å². The van der Waals surface area contributed by atoms with Crippen LogP contribution in [0.1, 0.15) is 16.7 Å². The lowest BCUT2D eigenvalue weighted by Crippen LogP contribution is -2.14. The molecule has 0 radical (unpaired) electrons. The largest absolute Gasteiger partial charge is 0.480 e. The lowest BCUT2D eigenvalue weighted by Gasteiger charge is -2.09. The third-order valence-corrected chi connectivity index (χ3v) is 3.92. The van der Waals surface area contributed by atoms with Gasteiger partial charge in [-0.05, 0) is 54.8 Å². The summed E-state index contributed by atoms with van der Waals surface area (Å²) in [6.07, 6.45) is 1.40. The number of nitriles is 1. The number of carbonyl (C=O) groups is 2. The van der Waals surface area contributed by atoms with Crippen molar-refractivity contribution in [3.05, 3.63) is 63.7 Å². The van der Waals surface area contributed by atoms with Crippen molar-refractivity contribution in [1.82, 2.24) is 0 Å². The molecule has 0 aliphatic heterocycles. The molecule has 1 amide bonds. The number of nitrogens with one attached hydrogen (secondary N) is 1. The van der Waals surface area contributed by atoms with Crippen LogP contribution in [0, 0.1) is 25.2 Å². The zero-order chi connectivity index (χ0) is 20.0. The van der Waals surface area contributed by atoms with E-state index in [1.807, 2.05) is 38.1 Å². The number of halogens is 1. The fraction of sp³-hybridized carbons (Fsp3) is 0.150. The molecule has 0 unspecified atom stereocenters. The average molecular weight is 385 g/mol. The summed E-state index contributed by atoms with van der Waals surface area (Å²) in [4.78, 5) is 23.0. The van der Waals surface area contributed by atoms with Crippen molar-refractivity contribution < 1.29 is 19.4 Å². The van der Waals surface area contributed by atoms with Crippen LogP contribution in [-0.2, 0) is 9.59 Å². The fourth-order valence-electron chi connectivity index (χ4n) is 2.24. The summed E-state index contributed by atoms with van der Waals surface area (Å²) >= 11 is 6.06. The van der Waals surface area contributed by atoms with Gasteiger partial charge in [-0.15, -0.1) is 0 Å². The summed E-state index contributed by atoms with van der Waals surface area (Å²) in [5.41, 5.74) is 2.93. The minimum Gasteiger partial charge on any atom is -0.480 e. The second kappa shape index (κ2) is 8.88. The third-order valence-electron chi connectivity index (χ3n) is 3.62. The smallest absolute Gasteiger partial charge is 0.341 e. The van der Waals surface area contributed by atoms with Gasteiger partial charge in [0.15, 0.2) is 6.61 Å². The van der Waals surface area contributed by atoms with Gasteiger partial charge in [-0.2, -0.15) is 5.26 Å². The lowest BCUT2D eigenvalue weighted by atomic mass is 10.1. The molecular formula is C20H17ClN2O4. The van der Waals surface area contributed by atoms with Gasteiger partial charge in [0.1, 0.15) is 17.4 Å². The predicted octanol–water partition coefficient (Wildman–Crippen LogP) is 3.97. The van der Waals surface area contributed by atoms with Crippen LogP contribution < -0.4 is 10.1 Å². The first-order valence-electron chi connectivity index (χ1n) is 7.94. The molecule has 7 heteroatoms. The molecule has 0 atom stereocenters. The number of aliphatic carboxylic acids is 1. The first-order chi connectivity index (χ1) is 12.8. The number of anilines is 1. The third kappa shape index (κ3) is 5.59. The molecule has 2 N–H and O–H groups in total. The van der Waals surface area contributed by atoms with Crippen molar-refractivity contribution in [3.63, 3.8) is 0 Å². The van der Waals surface area contributed by atoms with Crippen LogP contribution in [0.5, 0.6) is 5.75 Å². The fourth-order valence-corrected chi connectivity index (χ4v) is 2.48. The summed E-state index contributed by atoms with van der Waals surface area (Å²) in [7, 11) is 0. The molecule has 0 saturated heterocycles. The maximum atomic E-state index is 12.4. The Labute approximate surface area is 161 Å². The Morgan fingerprint density at radius 2 is 2.00 bits per heavy atom. The van der Waals surface area contributed by atoms with Crippen LogP contribution >= 0.6 is 11.6 Å². The second-order valence-corrected chi connectivity index (χ2v) is 6.22. The summed E-state index contributed by atoms with van der Waals surface area (Å²) in [6, 6.07) is 12.1. The molecule has 27 heavy (non-hydrogen) atoms. The van der Waals surface area contributed by atoms with Gasteiger partial charge >= 0.3 is 5.97 Å². The van der Waals surface area contributed by atoms with Gasteiger partial charge in [0.25, 0.3) is 5.91 Å². The highest BCUT2D eigenvalue weighted by atomic mass is 35.5. The number of carboxylic acid groups (broad SMARTS) is 1. The number of nitrogens with zero attached hydrogens (tertiary/aromatic N) is 1. The highest BCUT2D eigenvalue weighted by Crippen LogP contribution is 2.26. The normalized spacial score (nSPS) is 10.8. The van der Waals surface area contributed by atoms with Crippen molar-refractivity contribution >= 4 is 35.2 Å². The highest BCUT2D eigenvalue weighted by Gasteiger charge is 2.12. The van der Waals surface area contributed by atoms with Gasteiger partial charge in [-0.25, -0.2) is 4.79 Å². The van der Waals surface area contributed by atoms with Crippen molar-refractivity contribution in [3.8, 4) is 11.8 Å². The minimum atomic E-state index is -1.12. The number of carboxylic acids is 1. The highest BCUT2D eigenvalue weighted by molar-refractivity contribution is 6.32. The van der Waals surface area contributed by atoms with E-state index in [4.69, 9.17) is 21.4 Å². The Morgan fingerprint density at radius 3 is 2.63 bits per heavy atom. The quantitative estimate of drug-likeness (QED) is 0.580. The van der Waals surface area contributed by atoms with Crippen molar-refractivity contribution in [2.75, 3.05) is 11.9 Å². The van der Waals surface area contributed by atoms with E-state index in [1.54, 1.807) is 6.07 Å². The summed E-state index contributed by atoms with van der Waals surface area (Å²) in [5, 5.41) is 20.9. The molecule has 2 aromatic rings. The molecule has 0 aromatic heterocycles. The van der Waals surface area contributed by atoms with Crippen LogP contribution in [-0.4, -0.2) is 23.6 Å². The van der Waals surface area contributed by atoms with Crippen molar-refractivity contribution in [2.24, 2.45) is 0 Å². The van der Waals surface area contributed by atoms with Crippen LogP contribution in [0.2, 0.25) is 5.02 Å². The molecule has 0 spiro atoms. The minimum absolute atomic E-state index is 0.0915. The van der Waals surface area contributed by atoms with Crippen molar-refractivity contribution in [1.29, 1.82) is 5.26 Å². The number of ether oxygens (including phenoxy) is 1. The van der Waals surface area contributed by atoms with Gasteiger partial charge in [0.05, 0.1) is 5.02 Å². The Kier molecular flexibility index (Phi) is 6.58. The molecule has 0 aliphatic carbocycles.